The molecule has 1 aromatic rings. The van der Waals surface area contributed by atoms with E-state index in [1.807, 2.05) is 0 Å². The van der Waals surface area contributed by atoms with Gasteiger partial charge in [0.1, 0.15) is 0 Å². The molecule has 1 amide bonds. The highest BCUT2D eigenvalue weighted by Gasteiger charge is 2.36. The number of halogens is 3. The Hall–Kier alpha value is -1.64. The standard InChI is InChI=1S/C11H15F3N4O2/c12-11(13,14)8-16-9(18-17-8)15-7(19)6-10(20)4-2-1-3-5-10/h20H,1-6H2,(H2,15,16,17,18,19). The number of amides is 1. The Morgan fingerprint density at radius 3 is 2.55 bits per heavy atom. The van der Waals surface area contributed by atoms with E-state index in [1.54, 1.807) is 5.10 Å². The van der Waals surface area contributed by atoms with Crippen LogP contribution in [0.15, 0.2) is 0 Å². The van der Waals surface area contributed by atoms with Crippen molar-refractivity contribution in [1.29, 1.82) is 0 Å². The van der Waals surface area contributed by atoms with E-state index in [0.29, 0.717) is 12.8 Å². The van der Waals surface area contributed by atoms with Crippen LogP contribution < -0.4 is 5.32 Å². The summed E-state index contributed by atoms with van der Waals surface area (Å²) in [4.78, 5) is 14.8. The minimum Gasteiger partial charge on any atom is -0.389 e. The van der Waals surface area contributed by atoms with Crippen LogP contribution in [0.4, 0.5) is 19.1 Å². The number of carbonyl (C=O) groups excluding carboxylic acids is 1. The van der Waals surface area contributed by atoms with Gasteiger partial charge in [-0.1, -0.05) is 19.3 Å². The van der Waals surface area contributed by atoms with Crippen molar-refractivity contribution in [2.45, 2.75) is 50.3 Å². The van der Waals surface area contributed by atoms with Crippen molar-refractivity contribution in [3.05, 3.63) is 5.82 Å². The van der Waals surface area contributed by atoms with E-state index < -0.39 is 29.5 Å². The molecule has 0 saturated heterocycles. The van der Waals surface area contributed by atoms with Gasteiger partial charge >= 0.3 is 6.18 Å². The lowest BCUT2D eigenvalue weighted by Crippen LogP contribution is -2.36. The van der Waals surface area contributed by atoms with Gasteiger partial charge in [-0.15, -0.1) is 5.10 Å². The molecule has 20 heavy (non-hydrogen) atoms. The highest BCUT2D eigenvalue weighted by molar-refractivity contribution is 5.89. The first kappa shape index (κ1) is 14.8. The third-order valence-corrected chi connectivity index (χ3v) is 3.28. The van der Waals surface area contributed by atoms with E-state index in [4.69, 9.17) is 0 Å². The van der Waals surface area contributed by atoms with Crippen molar-refractivity contribution >= 4 is 11.9 Å². The summed E-state index contributed by atoms with van der Waals surface area (Å²) in [6.45, 7) is 0. The summed E-state index contributed by atoms with van der Waals surface area (Å²) in [5.74, 6) is -2.31. The Balaban J connectivity index is 1.93. The van der Waals surface area contributed by atoms with Crippen LogP contribution in [-0.2, 0) is 11.0 Å². The summed E-state index contributed by atoms with van der Waals surface area (Å²) < 4.78 is 36.9. The summed E-state index contributed by atoms with van der Waals surface area (Å²) in [7, 11) is 0. The van der Waals surface area contributed by atoms with Crippen molar-refractivity contribution < 1.29 is 23.1 Å². The van der Waals surface area contributed by atoms with E-state index in [-0.39, 0.29) is 6.42 Å². The van der Waals surface area contributed by atoms with Crippen LogP contribution in [-0.4, -0.2) is 31.8 Å². The Kier molecular flexibility index (Phi) is 3.98. The zero-order valence-corrected chi connectivity index (χ0v) is 10.6. The maximum atomic E-state index is 12.3. The predicted molar refractivity (Wildman–Crippen MR) is 62.7 cm³/mol. The maximum absolute atomic E-state index is 12.3. The fraction of sp³-hybridized carbons (Fsp3) is 0.727. The van der Waals surface area contributed by atoms with Crippen LogP contribution in [0, 0.1) is 0 Å². The number of hydrogen-bond donors (Lipinski definition) is 3. The zero-order valence-electron chi connectivity index (χ0n) is 10.6. The molecule has 1 saturated carbocycles. The molecule has 112 valence electrons. The number of H-pyrrole nitrogens is 1. The minimum absolute atomic E-state index is 0.164. The fourth-order valence-electron chi connectivity index (χ4n) is 2.30. The number of alkyl halides is 3. The molecule has 3 N–H and O–H groups in total. The number of hydrogen-bond acceptors (Lipinski definition) is 4. The molecule has 6 nitrogen and oxygen atoms in total. The van der Waals surface area contributed by atoms with Crippen LogP contribution in [0.25, 0.3) is 0 Å². The number of aromatic nitrogens is 3. The van der Waals surface area contributed by atoms with Gasteiger partial charge < -0.3 is 5.11 Å². The largest absolute Gasteiger partial charge is 0.451 e. The van der Waals surface area contributed by atoms with E-state index in [9.17, 15) is 23.1 Å². The second-order valence-electron chi connectivity index (χ2n) is 5.02. The molecule has 0 unspecified atom stereocenters. The van der Waals surface area contributed by atoms with Gasteiger partial charge in [0.2, 0.25) is 17.7 Å². The van der Waals surface area contributed by atoms with Crippen molar-refractivity contribution in [1.82, 2.24) is 15.2 Å². The third kappa shape index (κ3) is 3.69. The zero-order chi connectivity index (χ0) is 14.8. The Morgan fingerprint density at radius 2 is 2.00 bits per heavy atom. The molecule has 0 atom stereocenters. The van der Waals surface area contributed by atoms with E-state index in [0.717, 1.165) is 19.3 Å². The lowest BCUT2D eigenvalue weighted by Gasteiger charge is -2.31. The van der Waals surface area contributed by atoms with Crippen LogP contribution >= 0.6 is 0 Å². The number of nitrogens with one attached hydrogen (secondary N) is 2. The molecule has 0 bridgehead atoms. The SMILES string of the molecule is O=C(CC1(O)CCCCC1)Nc1n[nH]c(C(F)(F)F)n1. The number of aliphatic hydroxyl groups is 1. The average molecular weight is 292 g/mol. The molecule has 0 aromatic carbocycles. The molecule has 1 aliphatic carbocycles. The maximum Gasteiger partial charge on any atom is 0.451 e. The van der Waals surface area contributed by atoms with Gasteiger partial charge in [-0.3, -0.25) is 15.2 Å². The average Bonchev–Trinajstić information content (AvgIpc) is 2.77. The monoisotopic (exact) mass is 292 g/mol. The number of rotatable bonds is 3. The fourth-order valence-corrected chi connectivity index (χ4v) is 2.30. The molecule has 1 aliphatic rings. The topological polar surface area (TPSA) is 90.9 Å². The van der Waals surface area contributed by atoms with Gasteiger partial charge in [0.05, 0.1) is 12.0 Å². The van der Waals surface area contributed by atoms with Crippen LogP contribution in [0.1, 0.15) is 44.3 Å². The third-order valence-electron chi connectivity index (χ3n) is 3.28. The normalized spacial score (nSPS) is 18.8. The Labute approximate surface area is 112 Å². The summed E-state index contributed by atoms with van der Waals surface area (Å²) in [6, 6.07) is 0. The van der Waals surface area contributed by atoms with E-state index in [1.165, 1.54) is 0 Å². The minimum atomic E-state index is -4.64. The van der Waals surface area contributed by atoms with Crippen molar-refractivity contribution in [2.75, 3.05) is 5.32 Å². The summed E-state index contributed by atoms with van der Waals surface area (Å²) in [5, 5.41) is 17.3. The molecule has 1 fully saturated rings. The molecular formula is C11H15F3N4O2. The lowest BCUT2D eigenvalue weighted by molar-refractivity contribution is -0.144. The van der Waals surface area contributed by atoms with Gasteiger partial charge in [0, 0.05) is 0 Å². The van der Waals surface area contributed by atoms with Crippen LogP contribution in [0.3, 0.4) is 0 Å². The van der Waals surface area contributed by atoms with Crippen molar-refractivity contribution in [2.24, 2.45) is 0 Å². The summed E-state index contributed by atoms with van der Waals surface area (Å²) >= 11 is 0. The number of aromatic amines is 1. The summed E-state index contributed by atoms with van der Waals surface area (Å²) in [5.41, 5.74) is -1.08. The van der Waals surface area contributed by atoms with Gasteiger partial charge in [-0.25, -0.2) is 0 Å². The first-order valence-electron chi connectivity index (χ1n) is 6.30. The quantitative estimate of drug-likeness (QED) is 0.793. The van der Waals surface area contributed by atoms with Gasteiger partial charge in [0.15, 0.2) is 0 Å². The highest BCUT2D eigenvalue weighted by Crippen LogP contribution is 2.31. The molecule has 1 aromatic heterocycles. The molecule has 0 spiro atoms. The van der Waals surface area contributed by atoms with Gasteiger partial charge in [-0.05, 0) is 12.8 Å². The Bertz CT molecular complexity index is 480. The first-order valence-corrected chi connectivity index (χ1v) is 6.30. The first-order chi connectivity index (χ1) is 9.28. The second kappa shape index (κ2) is 5.39. The number of anilines is 1. The van der Waals surface area contributed by atoms with Gasteiger partial charge in [-0.2, -0.15) is 18.2 Å². The highest BCUT2D eigenvalue weighted by atomic mass is 19.4. The number of nitrogens with zero attached hydrogens (tertiary/aromatic N) is 2. The molecule has 9 heteroatoms. The molecule has 0 radical (unpaired) electrons. The van der Waals surface area contributed by atoms with Crippen molar-refractivity contribution in [3.8, 4) is 0 Å². The smallest absolute Gasteiger partial charge is 0.389 e. The van der Waals surface area contributed by atoms with E-state index in [2.05, 4.69) is 15.4 Å². The molecule has 0 aliphatic heterocycles. The molecule has 2 rings (SSSR count). The summed E-state index contributed by atoms with van der Waals surface area (Å²) in [6.07, 6.45) is -1.09. The van der Waals surface area contributed by atoms with Crippen molar-refractivity contribution in [3.63, 3.8) is 0 Å². The Morgan fingerprint density at radius 1 is 1.35 bits per heavy atom. The number of carbonyl (C=O) groups is 1. The van der Waals surface area contributed by atoms with Gasteiger partial charge in [0.25, 0.3) is 0 Å². The predicted octanol–water partition coefficient (Wildman–Crippen LogP) is 1.85. The lowest BCUT2D eigenvalue weighted by atomic mass is 9.82. The van der Waals surface area contributed by atoms with Crippen LogP contribution in [0.5, 0.6) is 0 Å². The van der Waals surface area contributed by atoms with Crippen LogP contribution in [0.2, 0.25) is 0 Å². The molecule has 1 heterocycles. The van der Waals surface area contributed by atoms with E-state index >= 15 is 0 Å². The second-order valence-corrected chi connectivity index (χ2v) is 5.02. The molecular weight excluding hydrogens is 277 g/mol.